The molecule has 0 spiro atoms. The fraction of sp³-hybridized carbons (Fsp3) is 0.0833. The van der Waals surface area contributed by atoms with Crippen molar-refractivity contribution in [3.8, 4) is 33.8 Å². The van der Waals surface area contributed by atoms with Gasteiger partial charge in [-0.3, -0.25) is 10.1 Å². The number of halogens is 1. The van der Waals surface area contributed by atoms with Crippen LogP contribution in [-0.4, -0.2) is 34.7 Å². The fourth-order valence-electron chi connectivity index (χ4n) is 4.09. The van der Waals surface area contributed by atoms with Crippen LogP contribution >= 0.6 is 0 Å². The maximum Gasteiger partial charge on any atom is 0.181 e. The number of H-pyrrole nitrogens is 2. The lowest BCUT2D eigenvalue weighted by Crippen LogP contribution is -1.94. The fourth-order valence-corrected chi connectivity index (χ4v) is 4.09. The molecule has 6 aromatic rings. The number of hydrogen-bond donors (Lipinski definition) is 2. The molecule has 1 aromatic carbocycles. The molecule has 6 rings (SSSR count). The SMILES string of the molecule is Cc1ncc(-c2cnc3n[nH]c(-c4cc5c(-c6cccc(F)c6)cncc5[nH]4)c3c2)n1C. The maximum atomic E-state index is 13.8. The Bertz CT molecular complexity index is 1620. The summed E-state index contributed by atoms with van der Waals surface area (Å²) < 4.78 is 15.8. The van der Waals surface area contributed by atoms with Crippen LogP contribution in [0.4, 0.5) is 4.39 Å². The number of pyridine rings is 2. The highest BCUT2D eigenvalue weighted by atomic mass is 19.1. The number of nitrogens with one attached hydrogen (secondary N) is 2. The van der Waals surface area contributed by atoms with E-state index in [-0.39, 0.29) is 5.82 Å². The maximum absolute atomic E-state index is 13.8. The van der Waals surface area contributed by atoms with Gasteiger partial charge in [-0.2, -0.15) is 5.10 Å². The largest absolute Gasteiger partial charge is 0.352 e. The van der Waals surface area contributed by atoms with E-state index in [1.165, 1.54) is 12.1 Å². The van der Waals surface area contributed by atoms with E-state index in [4.69, 9.17) is 0 Å². The summed E-state index contributed by atoms with van der Waals surface area (Å²) in [6, 6.07) is 10.6. The summed E-state index contributed by atoms with van der Waals surface area (Å²) in [5.41, 5.74) is 6.75. The van der Waals surface area contributed by atoms with E-state index in [2.05, 4.69) is 36.2 Å². The van der Waals surface area contributed by atoms with Crippen molar-refractivity contribution < 1.29 is 4.39 Å². The first-order valence-electron chi connectivity index (χ1n) is 10.1. The van der Waals surface area contributed by atoms with Crippen LogP contribution in [0.2, 0.25) is 0 Å². The molecule has 0 radical (unpaired) electrons. The normalized spacial score (nSPS) is 11.6. The highest BCUT2D eigenvalue weighted by molar-refractivity contribution is 6.00. The van der Waals surface area contributed by atoms with Gasteiger partial charge in [-0.05, 0) is 36.8 Å². The number of rotatable bonds is 3. The van der Waals surface area contributed by atoms with Crippen LogP contribution in [0.25, 0.3) is 55.7 Å². The third-order valence-corrected chi connectivity index (χ3v) is 5.88. The molecule has 0 saturated carbocycles. The predicted molar refractivity (Wildman–Crippen MR) is 121 cm³/mol. The van der Waals surface area contributed by atoms with Crippen LogP contribution < -0.4 is 0 Å². The van der Waals surface area contributed by atoms with Crippen molar-refractivity contribution in [1.82, 2.24) is 34.7 Å². The smallest absolute Gasteiger partial charge is 0.181 e. The van der Waals surface area contributed by atoms with Gasteiger partial charge in [-0.1, -0.05) is 12.1 Å². The monoisotopic (exact) mass is 423 g/mol. The first-order valence-corrected chi connectivity index (χ1v) is 10.1. The Morgan fingerprint density at radius 2 is 1.84 bits per heavy atom. The van der Waals surface area contributed by atoms with Gasteiger partial charge in [0, 0.05) is 41.3 Å². The molecule has 0 aliphatic carbocycles. The van der Waals surface area contributed by atoms with Crippen molar-refractivity contribution in [3.63, 3.8) is 0 Å². The molecule has 0 aliphatic rings. The van der Waals surface area contributed by atoms with E-state index in [1.54, 1.807) is 24.7 Å². The van der Waals surface area contributed by atoms with E-state index in [9.17, 15) is 4.39 Å². The molecular formula is C24H18FN7. The molecule has 0 amide bonds. The van der Waals surface area contributed by atoms with Gasteiger partial charge in [0.1, 0.15) is 11.6 Å². The Kier molecular flexibility index (Phi) is 3.94. The molecule has 5 heterocycles. The van der Waals surface area contributed by atoms with Gasteiger partial charge in [0.2, 0.25) is 0 Å². The number of imidazole rings is 1. The summed E-state index contributed by atoms with van der Waals surface area (Å²) >= 11 is 0. The van der Waals surface area contributed by atoms with Gasteiger partial charge >= 0.3 is 0 Å². The topological polar surface area (TPSA) is 88.1 Å². The molecule has 0 bridgehead atoms. The Hall–Kier alpha value is -4.33. The third kappa shape index (κ3) is 2.80. The molecule has 0 fully saturated rings. The number of aromatic nitrogens is 7. The second-order valence-electron chi connectivity index (χ2n) is 7.79. The van der Waals surface area contributed by atoms with Crippen molar-refractivity contribution in [3.05, 3.63) is 72.8 Å². The molecule has 0 saturated heterocycles. The van der Waals surface area contributed by atoms with Gasteiger partial charge in [0.25, 0.3) is 0 Å². The molecule has 7 nitrogen and oxygen atoms in total. The first kappa shape index (κ1) is 18.4. The quantitative estimate of drug-likeness (QED) is 0.419. The average Bonchev–Trinajstić information content (AvgIpc) is 3.50. The van der Waals surface area contributed by atoms with Crippen molar-refractivity contribution in [1.29, 1.82) is 0 Å². The summed E-state index contributed by atoms with van der Waals surface area (Å²) in [5.74, 6) is 0.652. The molecular weight excluding hydrogens is 405 g/mol. The van der Waals surface area contributed by atoms with Crippen molar-refractivity contribution in [2.45, 2.75) is 6.92 Å². The minimum Gasteiger partial charge on any atom is -0.352 e. The van der Waals surface area contributed by atoms with Gasteiger partial charge in [-0.15, -0.1) is 0 Å². The summed E-state index contributed by atoms with van der Waals surface area (Å²) in [6.45, 7) is 1.97. The zero-order chi connectivity index (χ0) is 21.8. The Morgan fingerprint density at radius 1 is 0.938 bits per heavy atom. The molecule has 0 aliphatic heterocycles. The predicted octanol–water partition coefficient (Wildman–Crippen LogP) is 5.02. The summed E-state index contributed by atoms with van der Waals surface area (Å²) in [7, 11) is 1.98. The molecule has 2 N–H and O–H groups in total. The van der Waals surface area contributed by atoms with Crippen LogP contribution in [0.3, 0.4) is 0 Å². The Balaban J connectivity index is 1.52. The molecule has 156 valence electrons. The average molecular weight is 423 g/mol. The van der Waals surface area contributed by atoms with Crippen LogP contribution in [0.1, 0.15) is 5.82 Å². The molecule has 5 aromatic heterocycles. The summed E-state index contributed by atoms with van der Waals surface area (Å²) in [4.78, 5) is 16.7. The number of fused-ring (bicyclic) bond motifs is 2. The number of aryl methyl sites for hydroxylation is 1. The van der Waals surface area contributed by atoms with Crippen LogP contribution in [-0.2, 0) is 7.05 Å². The van der Waals surface area contributed by atoms with Crippen molar-refractivity contribution >= 4 is 21.9 Å². The third-order valence-electron chi connectivity index (χ3n) is 5.88. The first-order chi connectivity index (χ1) is 15.6. The zero-order valence-corrected chi connectivity index (χ0v) is 17.4. The summed E-state index contributed by atoms with van der Waals surface area (Å²) in [6.07, 6.45) is 7.17. The zero-order valence-electron chi connectivity index (χ0n) is 17.4. The van der Waals surface area contributed by atoms with Gasteiger partial charge < -0.3 is 9.55 Å². The van der Waals surface area contributed by atoms with Gasteiger partial charge in [0.15, 0.2) is 5.65 Å². The van der Waals surface area contributed by atoms with E-state index in [1.807, 2.05) is 36.9 Å². The minimum absolute atomic E-state index is 0.279. The molecule has 8 heteroatoms. The van der Waals surface area contributed by atoms with Crippen LogP contribution in [0, 0.1) is 12.7 Å². The number of hydrogen-bond acceptors (Lipinski definition) is 4. The highest BCUT2D eigenvalue weighted by Crippen LogP contribution is 2.34. The van der Waals surface area contributed by atoms with E-state index in [0.29, 0.717) is 5.65 Å². The second-order valence-corrected chi connectivity index (χ2v) is 7.79. The number of nitrogens with zero attached hydrogens (tertiary/aromatic N) is 5. The van der Waals surface area contributed by atoms with Crippen LogP contribution in [0.5, 0.6) is 0 Å². The van der Waals surface area contributed by atoms with Gasteiger partial charge in [0.05, 0.1) is 35.0 Å². The van der Waals surface area contributed by atoms with E-state index >= 15 is 0 Å². The number of benzene rings is 1. The molecule has 32 heavy (non-hydrogen) atoms. The second kappa shape index (κ2) is 6.84. The minimum atomic E-state index is -0.279. The van der Waals surface area contributed by atoms with Gasteiger partial charge in [-0.25, -0.2) is 14.4 Å². The standard InChI is InChI=1S/C24H18FN7/c1-13-27-12-22(32(13)2)15-7-18-23(30-31-24(18)28-9-15)20-8-17-19(10-26-11-21(17)29-20)14-4-3-5-16(25)6-14/h3-12,29H,1-2H3,(H,28,30,31). The Morgan fingerprint density at radius 3 is 2.66 bits per heavy atom. The lowest BCUT2D eigenvalue weighted by atomic mass is 10.0. The van der Waals surface area contributed by atoms with Crippen molar-refractivity contribution in [2.75, 3.05) is 0 Å². The Labute approximate surface area is 182 Å². The lowest BCUT2D eigenvalue weighted by Gasteiger charge is -2.04. The number of aromatic amines is 2. The molecule has 0 atom stereocenters. The van der Waals surface area contributed by atoms with E-state index in [0.717, 1.165) is 55.9 Å². The van der Waals surface area contributed by atoms with Crippen LogP contribution in [0.15, 0.2) is 61.2 Å². The molecule has 0 unspecified atom stereocenters. The van der Waals surface area contributed by atoms with Crippen molar-refractivity contribution in [2.24, 2.45) is 7.05 Å². The highest BCUT2D eigenvalue weighted by Gasteiger charge is 2.16. The summed E-state index contributed by atoms with van der Waals surface area (Å²) in [5, 5.41) is 9.34. The lowest BCUT2D eigenvalue weighted by molar-refractivity contribution is 0.628. The van der Waals surface area contributed by atoms with E-state index < -0.39 is 0 Å².